The molecule has 0 fully saturated rings. The minimum Gasteiger partial charge on any atom is -0.469 e. The van der Waals surface area contributed by atoms with Crippen molar-refractivity contribution in [2.45, 2.75) is 40.0 Å². The Bertz CT molecular complexity index is 818. The second kappa shape index (κ2) is 9.77. The van der Waals surface area contributed by atoms with Crippen LogP contribution in [0.2, 0.25) is 5.02 Å². The van der Waals surface area contributed by atoms with Gasteiger partial charge >= 0.3 is 11.9 Å². The lowest BCUT2D eigenvalue weighted by Crippen LogP contribution is -2.27. The van der Waals surface area contributed by atoms with E-state index in [9.17, 15) is 9.59 Å². The lowest BCUT2D eigenvalue weighted by atomic mass is 9.86. The third-order valence-corrected chi connectivity index (χ3v) is 5.29. The smallest absolute Gasteiger partial charge is 0.308 e. The zero-order valence-electron chi connectivity index (χ0n) is 16.9. The molecule has 2 aromatic rings. The number of methoxy groups -OCH3 is 2. The molecular weight excluding hydrogens is 386 g/mol. The van der Waals surface area contributed by atoms with Crippen LogP contribution in [0.5, 0.6) is 0 Å². The number of halogens is 1. The number of ether oxygens (including phenoxy) is 2. The molecule has 0 amide bonds. The predicted molar refractivity (Wildman–Crippen MR) is 105 cm³/mol. The molecule has 2 N–H and O–H groups in total. The monoisotopic (exact) mass is 413 g/mol. The van der Waals surface area contributed by atoms with Crippen LogP contribution in [0, 0.1) is 24.7 Å². The summed E-state index contributed by atoms with van der Waals surface area (Å²) in [6, 6.07) is 0. The van der Waals surface area contributed by atoms with Crippen molar-refractivity contribution in [3.8, 4) is 0 Å². The van der Waals surface area contributed by atoms with Crippen LogP contribution in [0.4, 0.5) is 5.95 Å². The van der Waals surface area contributed by atoms with Gasteiger partial charge in [-0.2, -0.15) is 9.61 Å². The molecule has 0 aliphatic carbocycles. The summed E-state index contributed by atoms with van der Waals surface area (Å²) in [6.07, 6.45) is 1.58. The van der Waals surface area contributed by atoms with Crippen LogP contribution in [-0.2, 0) is 19.1 Å². The van der Waals surface area contributed by atoms with E-state index in [1.165, 1.54) is 18.8 Å². The second-order valence-electron chi connectivity index (χ2n) is 7.03. The minimum absolute atomic E-state index is 0.123. The fraction of sp³-hybridized carbons (Fsp3) is 0.667. The van der Waals surface area contributed by atoms with Crippen LogP contribution < -0.4 is 5.32 Å². The first-order valence-corrected chi connectivity index (χ1v) is 9.68. The quantitative estimate of drug-likeness (QED) is 0.576. The van der Waals surface area contributed by atoms with Gasteiger partial charge in [-0.15, -0.1) is 5.10 Å². The summed E-state index contributed by atoms with van der Waals surface area (Å²) in [5, 5.41) is 11.0. The van der Waals surface area contributed by atoms with E-state index in [2.05, 4.69) is 20.5 Å². The third kappa shape index (κ3) is 5.15. The summed E-state index contributed by atoms with van der Waals surface area (Å²) in [4.78, 5) is 28.4. The second-order valence-corrected chi connectivity index (χ2v) is 7.41. The summed E-state index contributed by atoms with van der Waals surface area (Å²) in [5.74, 6) is -0.742. The van der Waals surface area contributed by atoms with Crippen LogP contribution in [0.15, 0.2) is 0 Å². The van der Waals surface area contributed by atoms with E-state index in [1.54, 1.807) is 0 Å². The number of aryl methyl sites for hydroxylation is 1. The molecule has 2 heterocycles. The van der Waals surface area contributed by atoms with Gasteiger partial charge < -0.3 is 14.8 Å². The molecule has 2 aromatic heterocycles. The molecule has 0 radical (unpaired) electrons. The number of rotatable bonds is 10. The van der Waals surface area contributed by atoms with E-state index in [0.29, 0.717) is 42.4 Å². The Kier molecular flexibility index (Phi) is 7.68. The van der Waals surface area contributed by atoms with Gasteiger partial charge in [-0.25, -0.2) is 0 Å². The number of hydrogen-bond acceptors (Lipinski definition) is 7. The Labute approximate surface area is 169 Å². The van der Waals surface area contributed by atoms with Crippen molar-refractivity contribution in [2.75, 3.05) is 26.1 Å². The summed E-state index contributed by atoms with van der Waals surface area (Å²) >= 11 is 6.17. The standard InChI is InChI=1S/C18H28ClN5O4/c1-6-12(16(25)27-4)8-13(17(26)28-5)7-10(2)9-20-18-21-15-14(19)11(3)22-24(15)23-18/h10,12-13,22H,6-9H2,1-5H3,(H,20,23). The Morgan fingerprint density at radius 1 is 1.21 bits per heavy atom. The molecule has 3 unspecified atom stereocenters. The van der Waals surface area contributed by atoms with E-state index < -0.39 is 0 Å². The van der Waals surface area contributed by atoms with E-state index in [0.717, 1.165) is 5.69 Å². The molecule has 0 saturated heterocycles. The Morgan fingerprint density at radius 3 is 2.43 bits per heavy atom. The number of carbonyl (C=O) groups excluding carboxylic acids is 2. The minimum atomic E-state index is -0.382. The predicted octanol–water partition coefficient (Wildman–Crippen LogP) is 2.84. The number of fused-ring (bicyclic) bond motifs is 1. The highest BCUT2D eigenvalue weighted by Gasteiger charge is 2.29. The van der Waals surface area contributed by atoms with E-state index in [1.807, 2.05) is 20.8 Å². The number of nitrogens with one attached hydrogen (secondary N) is 2. The lowest BCUT2D eigenvalue weighted by Gasteiger charge is -2.22. The van der Waals surface area contributed by atoms with Crippen molar-refractivity contribution < 1.29 is 19.1 Å². The van der Waals surface area contributed by atoms with Crippen LogP contribution in [0.25, 0.3) is 5.65 Å². The SMILES string of the molecule is CCC(CC(CC(C)CNc1nc2c(Cl)c(C)[nH]n2n1)C(=O)OC)C(=O)OC. The summed E-state index contributed by atoms with van der Waals surface area (Å²) in [5.41, 5.74) is 1.36. The van der Waals surface area contributed by atoms with Gasteiger partial charge in [0, 0.05) is 6.54 Å². The molecule has 28 heavy (non-hydrogen) atoms. The molecular formula is C18H28ClN5O4. The zero-order chi connectivity index (χ0) is 20.8. The molecule has 3 atom stereocenters. The van der Waals surface area contributed by atoms with E-state index in [-0.39, 0.29) is 29.7 Å². The molecule has 2 rings (SSSR count). The van der Waals surface area contributed by atoms with Crippen LogP contribution in [-0.4, -0.2) is 52.5 Å². The number of nitrogens with zero attached hydrogens (tertiary/aromatic N) is 3. The van der Waals surface area contributed by atoms with Crippen molar-refractivity contribution in [1.29, 1.82) is 0 Å². The fourth-order valence-corrected chi connectivity index (χ4v) is 3.38. The Morgan fingerprint density at radius 2 is 1.86 bits per heavy atom. The summed E-state index contributed by atoms with van der Waals surface area (Å²) < 4.78 is 11.3. The average Bonchev–Trinajstić information content (AvgIpc) is 3.20. The van der Waals surface area contributed by atoms with Crippen molar-refractivity contribution in [2.24, 2.45) is 17.8 Å². The number of aromatic amines is 1. The summed E-state index contributed by atoms with van der Waals surface area (Å²) in [7, 11) is 2.72. The number of H-pyrrole nitrogens is 1. The van der Waals surface area contributed by atoms with Crippen LogP contribution >= 0.6 is 11.6 Å². The first-order chi connectivity index (χ1) is 13.3. The van der Waals surface area contributed by atoms with Gasteiger partial charge in [-0.1, -0.05) is 25.4 Å². The molecule has 10 heteroatoms. The maximum Gasteiger partial charge on any atom is 0.308 e. The van der Waals surface area contributed by atoms with Crippen molar-refractivity contribution in [1.82, 2.24) is 19.8 Å². The number of hydrogen-bond donors (Lipinski definition) is 2. The maximum atomic E-state index is 12.2. The number of carbonyl (C=O) groups is 2. The van der Waals surface area contributed by atoms with E-state index in [4.69, 9.17) is 21.1 Å². The van der Waals surface area contributed by atoms with Crippen LogP contribution in [0.1, 0.15) is 38.8 Å². The topological polar surface area (TPSA) is 111 Å². The average molecular weight is 414 g/mol. The van der Waals surface area contributed by atoms with Gasteiger partial charge in [0.15, 0.2) is 5.65 Å². The number of aromatic nitrogens is 4. The molecule has 0 saturated carbocycles. The highest BCUT2D eigenvalue weighted by Crippen LogP contribution is 2.25. The van der Waals surface area contributed by atoms with Gasteiger partial charge in [0.25, 0.3) is 0 Å². The molecule has 0 bridgehead atoms. The molecule has 9 nitrogen and oxygen atoms in total. The highest BCUT2D eigenvalue weighted by molar-refractivity contribution is 6.34. The van der Waals surface area contributed by atoms with E-state index >= 15 is 0 Å². The van der Waals surface area contributed by atoms with Gasteiger partial charge in [0.05, 0.1) is 31.7 Å². The van der Waals surface area contributed by atoms with Crippen molar-refractivity contribution in [3.05, 3.63) is 10.7 Å². The lowest BCUT2D eigenvalue weighted by molar-refractivity contribution is -0.150. The molecule has 0 aromatic carbocycles. The molecule has 156 valence electrons. The third-order valence-electron chi connectivity index (χ3n) is 4.83. The largest absolute Gasteiger partial charge is 0.469 e. The number of anilines is 1. The van der Waals surface area contributed by atoms with Gasteiger partial charge in [0.2, 0.25) is 5.95 Å². The van der Waals surface area contributed by atoms with Crippen molar-refractivity contribution in [3.63, 3.8) is 0 Å². The maximum absolute atomic E-state index is 12.2. The molecule has 0 aliphatic heterocycles. The normalized spacial score (nSPS) is 14.5. The highest BCUT2D eigenvalue weighted by atomic mass is 35.5. The Balaban J connectivity index is 1.96. The van der Waals surface area contributed by atoms with Gasteiger partial charge in [-0.3, -0.25) is 14.7 Å². The molecule has 0 spiro atoms. The first kappa shape index (κ1) is 22.0. The molecule has 0 aliphatic rings. The fourth-order valence-electron chi connectivity index (χ4n) is 3.21. The number of esters is 2. The van der Waals surface area contributed by atoms with Crippen molar-refractivity contribution >= 4 is 35.1 Å². The summed E-state index contributed by atoms with van der Waals surface area (Å²) in [6.45, 7) is 6.33. The first-order valence-electron chi connectivity index (χ1n) is 9.30. The van der Waals surface area contributed by atoms with Gasteiger partial charge in [-0.05, 0) is 32.1 Å². The zero-order valence-corrected chi connectivity index (χ0v) is 17.7. The Hall–Kier alpha value is -2.29. The van der Waals surface area contributed by atoms with Crippen LogP contribution in [0.3, 0.4) is 0 Å². The van der Waals surface area contributed by atoms with Gasteiger partial charge in [0.1, 0.15) is 5.02 Å².